The lowest BCUT2D eigenvalue weighted by atomic mass is 10.2. The van der Waals surface area contributed by atoms with Gasteiger partial charge in [-0.05, 0) is 44.2 Å². The van der Waals surface area contributed by atoms with Crippen LogP contribution in [0.5, 0.6) is 0 Å². The van der Waals surface area contributed by atoms with Gasteiger partial charge in [0, 0.05) is 36.6 Å². The second-order valence-electron chi connectivity index (χ2n) is 6.39. The quantitative estimate of drug-likeness (QED) is 0.481. The van der Waals surface area contributed by atoms with Crippen molar-refractivity contribution in [1.82, 2.24) is 20.1 Å². The van der Waals surface area contributed by atoms with Crippen molar-refractivity contribution in [1.29, 1.82) is 5.26 Å². The number of carbonyl (C=O) groups excluding carboxylic acids is 1. The molecule has 3 rings (SSSR count). The van der Waals surface area contributed by atoms with Gasteiger partial charge in [-0.25, -0.2) is 9.67 Å². The van der Waals surface area contributed by atoms with Gasteiger partial charge in [-0.15, -0.1) is 0 Å². The molecule has 0 radical (unpaired) electrons. The molecule has 0 saturated heterocycles. The number of aryl methyl sites for hydroxylation is 1. The van der Waals surface area contributed by atoms with Crippen molar-refractivity contribution in [2.75, 3.05) is 18.4 Å². The molecule has 7 nitrogen and oxygen atoms in total. The highest BCUT2D eigenvalue weighted by atomic mass is 16.1. The van der Waals surface area contributed by atoms with E-state index in [2.05, 4.69) is 26.8 Å². The lowest BCUT2D eigenvalue weighted by Crippen LogP contribution is -2.27. The predicted molar refractivity (Wildman–Crippen MR) is 113 cm³/mol. The highest BCUT2D eigenvalue weighted by Crippen LogP contribution is 2.19. The Hall–Kier alpha value is -3.92. The van der Waals surface area contributed by atoms with Gasteiger partial charge in [-0.2, -0.15) is 10.4 Å². The zero-order chi connectivity index (χ0) is 20.6. The molecule has 1 amide bonds. The Morgan fingerprint density at radius 1 is 1.17 bits per heavy atom. The van der Waals surface area contributed by atoms with Gasteiger partial charge in [-0.3, -0.25) is 4.79 Å². The number of rotatable bonds is 7. The van der Waals surface area contributed by atoms with E-state index in [1.165, 1.54) is 6.08 Å². The Kier molecular flexibility index (Phi) is 6.38. The fraction of sp³-hybridized carbons (Fsp3) is 0.182. The van der Waals surface area contributed by atoms with Crippen LogP contribution in [0.25, 0.3) is 11.8 Å². The average Bonchev–Trinajstić information content (AvgIpc) is 3.04. The first-order chi connectivity index (χ1) is 14.1. The highest BCUT2D eigenvalue weighted by Gasteiger charge is 2.10. The van der Waals surface area contributed by atoms with E-state index in [0.29, 0.717) is 24.5 Å². The second kappa shape index (κ2) is 9.33. The number of hydrogen-bond acceptors (Lipinski definition) is 5. The number of carbonyl (C=O) groups is 1. The maximum atomic E-state index is 12.1. The van der Waals surface area contributed by atoms with Gasteiger partial charge in [0.15, 0.2) is 0 Å². The highest BCUT2D eigenvalue weighted by molar-refractivity contribution is 5.92. The predicted octanol–water partition coefficient (Wildman–Crippen LogP) is 3.00. The third kappa shape index (κ3) is 4.87. The Morgan fingerprint density at radius 2 is 1.97 bits per heavy atom. The summed E-state index contributed by atoms with van der Waals surface area (Å²) in [4.78, 5) is 16.2. The van der Waals surface area contributed by atoms with Crippen LogP contribution in [0.4, 0.5) is 5.82 Å². The van der Waals surface area contributed by atoms with Gasteiger partial charge in [0.1, 0.15) is 11.9 Å². The molecule has 0 atom stereocenters. The van der Waals surface area contributed by atoms with Crippen molar-refractivity contribution in [3.05, 3.63) is 77.3 Å². The molecule has 0 fully saturated rings. The van der Waals surface area contributed by atoms with E-state index in [0.717, 1.165) is 22.6 Å². The van der Waals surface area contributed by atoms with Crippen molar-refractivity contribution in [3.63, 3.8) is 0 Å². The minimum absolute atomic E-state index is 0.195. The summed E-state index contributed by atoms with van der Waals surface area (Å²) >= 11 is 0. The number of nitriles is 1. The van der Waals surface area contributed by atoms with E-state index in [-0.39, 0.29) is 5.91 Å². The summed E-state index contributed by atoms with van der Waals surface area (Å²) in [5.41, 5.74) is 4.21. The van der Waals surface area contributed by atoms with Gasteiger partial charge >= 0.3 is 0 Å². The maximum absolute atomic E-state index is 12.1. The topological polar surface area (TPSA) is 95.6 Å². The molecule has 0 aliphatic rings. The van der Waals surface area contributed by atoms with Crippen molar-refractivity contribution in [3.8, 4) is 11.8 Å². The molecule has 29 heavy (non-hydrogen) atoms. The normalized spacial score (nSPS) is 10.7. The van der Waals surface area contributed by atoms with Crippen molar-refractivity contribution in [2.24, 2.45) is 0 Å². The summed E-state index contributed by atoms with van der Waals surface area (Å²) < 4.78 is 1.87. The molecule has 0 unspecified atom stereocenters. The van der Waals surface area contributed by atoms with Crippen LogP contribution in [-0.4, -0.2) is 33.8 Å². The summed E-state index contributed by atoms with van der Waals surface area (Å²) in [7, 11) is 0. The molecule has 2 heterocycles. The lowest BCUT2D eigenvalue weighted by Gasteiger charge is -2.07. The van der Waals surface area contributed by atoms with E-state index in [1.807, 2.05) is 48.9 Å². The van der Waals surface area contributed by atoms with E-state index >= 15 is 0 Å². The molecular formula is C22H22N6O. The van der Waals surface area contributed by atoms with Gasteiger partial charge in [0.05, 0.1) is 16.9 Å². The summed E-state index contributed by atoms with van der Waals surface area (Å²) in [6.07, 6.45) is 4.91. The third-order valence-corrected chi connectivity index (χ3v) is 4.39. The zero-order valence-corrected chi connectivity index (χ0v) is 16.4. The minimum atomic E-state index is -0.195. The van der Waals surface area contributed by atoms with E-state index in [4.69, 9.17) is 5.26 Å². The zero-order valence-electron chi connectivity index (χ0n) is 16.4. The van der Waals surface area contributed by atoms with Crippen molar-refractivity contribution >= 4 is 17.8 Å². The fourth-order valence-corrected chi connectivity index (χ4v) is 2.94. The summed E-state index contributed by atoms with van der Waals surface area (Å²) in [5.74, 6) is 0.318. The van der Waals surface area contributed by atoms with E-state index in [1.54, 1.807) is 24.4 Å². The average molecular weight is 386 g/mol. The molecule has 2 N–H and O–H groups in total. The van der Waals surface area contributed by atoms with Crippen molar-refractivity contribution in [2.45, 2.75) is 13.8 Å². The van der Waals surface area contributed by atoms with Gasteiger partial charge < -0.3 is 10.6 Å². The number of aromatic nitrogens is 3. The Morgan fingerprint density at radius 3 is 2.72 bits per heavy atom. The van der Waals surface area contributed by atoms with Gasteiger partial charge in [0.25, 0.3) is 0 Å². The molecule has 0 aliphatic carbocycles. The lowest BCUT2D eigenvalue weighted by molar-refractivity contribution is -0.116. The first-order valence-corrected chi connectivity index (χ1v) is 9.26. The van der Waals surface area contributed by atoms with Crippen LogP contribution in [-0.2, 0) is 4.79 Å². The Balaban J connectivity index is 1.56. The van der Waals surface area contributed by atoms with Crippen LogP contribution >= 0.6 is 0 Å². The van der Waals surface area contributed by atoms with Crippen LogP contribution < -0.4 is 10.6 Å². The molecule has 0 spiro atoms. The standard InChI is InChI=1S/C22H22N6O/c1-16-20(17(2)28(27-16)19-8-4-3-5-9-19)10-11-21(29)24-13-14-26-22-18(15-23)7-6-12-25-22/h3-12H,13-14H2,1-2H3,(H,24,29)(H,25,26). The number of benzene rings is 1. The Bertz CT molecular complexity index is 1060. The van der Waals surface area contributed by atoms with Crippen molar-refractivity contribution < 1.29 is 4.79 Å². The SMILES string of the molecule is Cc1nn(-c2ccccc2)c(C)c1C=CC(=O)NCCNc1ncccc1C#N. The number of amides is 1. The second-order valence-corrected chi connectivity index (χ2v) is 6.39. The number of pyridine rings is 1. The molecule has 0 saturated carbocycles. The molecule has 0 bridgehead atoms. The maximum Gasteiger partial charge on any atom is 0.244 e. The number of para-hydroxylation sites is 1. The van der Waals surface area contributed by atoms with Gasteiger partial charge in [0.2, 0.25) is 5.91 Å². The third-order valence-electron chi connectivity index (χ3n) is 4.39. The molecule has 1 aromatic carbocycles. The molecular weight excluding hydrogens is 364 g/mol. The molecule has 7 heteroatoms. The van der Waals surface area contributed by atoms with Crippen LogP contribution in [0.15, 0.2) is 54.7 Å². The summed E-state index contributed by atoms with van der Waals surface area (Å²) in [6, 6.07) is 15.4. The number of hydrogen-bond donors (Lipinski definition) is 2. The van der Waals surface area contributed by atoms with Crippen LogP contribution in [0.1, 0.15) is 22.5 Å². The number of anilines is 1. The number of nitrogens with zero attached hydrogens (tertiary/aromatic N) is 4. The van der Waals surface area contributed by atoms with E-state index < -0.39 is 0 Å². The van der Waals surface area contributed by atoms with Crippen LogP contribution in [0.3, 0.4) is 0 Å². The Labute approximate surface area is 169 Å². The smallest absolute Gasteiger partial charge is 0.244 e. The minimum Gasteiger partial charge on any atom is -0.367 e. The molecule has 2 aromatic heterocycles. The monoisotopic (exact) mass is 386 g/mol. The molecule has 3 aromatic rings. The summed E-state index contributed by atoms with van der Waals surface area (Å²) in [5, 5.41) is 19.5. The number of nitrogens with one attached hydrogen (secondary N) is 2. The van der Waals surface area contributed by atoms with Gasteiger partial charge in [-0.1, -0.05) is 18.2 Å². The first kappa shape index (κ1) is 19.8. The molecule has 0 aliphatic heterocycles. The van der Waals surface area contributed by atoms with Crippen LogP contribution in [0, 0.1) is 25.2 Å². The van der Waals surface area contributed by atoms with E-state index in [9.17, 15) is 4.79 Å². The first-order valence-electron chi connectivity index (χ1n) is 9.26. The largest absolute Gasteiger partial charge is 0.367 e. The molecule has 146 valence electrons. The summed E-state index contributed by atoms with van der Waals surface area (Å²) in [6.45, 7) is 4.78. The fourth-order valence-electron chi connectivity index (χ4n) is 2.94. The van der Waals surface area contributed by atoms with Crippen LogP contribution in [0.2, 0.25) is 0 Å².